The Morgan fingerprint density at radius 2 is 1.67 bits per heavy atom. The third-order valence-electron chi connectivity index (χ3n) is 0. The quantitative estimate of drug-likeness (QED) is 0.387. The highest BCUT2D eigenvalue weighted by molar-refractivity contribution is 5.85. The third kappa shape index (κ3) is 158. The molecule has 0 saturated heterocycles. The van der Waals surface area contributed by atoms with Crippen LogP contribution in [0.1, 0.15) is 6.92 Å². The molecule has 0 heterocycles. The Hall–Kier alpha value is -1.04. The van der Waals surface area contributed by atoms with Crippen molar-refractivity contribution in [2.75, 3.05) is 0 Å². The van der Waals surface area contributed by atoms with E-state index in [1.54, 1.807) is 0 Å². The molecule has 7 heteroatoms. The first-order valence-electron chi connectivity index (χ1n) is 1.49. The number of carbonyl (C=O) groups is 1. The van der Waals surface area contributed by atoms with Gasteiger partial charge in [-0.1, -0.05) is 0 Å². The summed E-state index contributed by atoms with van der Waals surface area (Å²) in [6, 6.07) is 0. The summed E-state index contributed by atoms with van der Waals surface area (Å²) in [6.45, 7) is 1.08. The fourth-order valence-corrected chi connectivity index (χ4v) is 0. The van der Waals surface area contributed by atoms with Crippen LogP contribution in [0.15, 0.2) is 0 Å². The van der Waals surface area contributed by atoms with Crippen molar-refractivity contribution in [1.82, 2.24) is 0 Å². The van der Waals surface area contributed by atoms with Crippen molar-refractivity contribution in [1.29, 1.82) is 0 Å². The zero-order valence-corrected chi connectivity index (χ0v) is 5.29. The lowest BCUT2D eigenvalue weighted by Crippen LogP contribution is -1.81. The molecule has 9 heavy (non-hydrogen) atoms. The largest absolute Gasteiger partial charge is 0.481 e. The van der Waals surface area contributed by atoms with E-state index in [0.717, 1.165) is 6.92 Å². The van der Waals surface area contributed by atoms with Crippen molar-refractivity contribution >= 4 is 18.4 Å². The Balaban J connectivity index is -0.0000000720. The average Bonchev–Trinajstić information content (AvgIpc) is 1.25. The molecule has 0 fully saturated rings. The Bertz CT molecular complexity index is 73.0. The monoisotopic (exact) mass is 159 g/mol. The summed E-state index contributed by atoms with van der Waals surface area (Å²) < 4.78 is 0. The molecule has 2 N–H and O–H groups in total. The van der Waals surface area contributed by atoms with E-state index < -0.39 is 11.1 Å². The van der Waals surface area contributed by atoms with Crippen LogP contribution in [0.2, 0.25) is 0 Å². The number of carboxylic acid groups (broad SMARTS) is 1. The highest BCUT2D eigenvalue weighted by Crippen LogP contribution is 1.42. The van der Waals surface area contributed by atoms with E-state index in [-0.39, 0.29) is 12.4 Å². The van der Waals surface area contributed by atoms with E-state index in [1.165, 1.54) is 0 Å². The summed E-state index contributed by atoms with van der Waals surface area (Å²) in [5.41, 5.74) is 0. The van der Waals surface area contributed by atoms with Crippen molar-refractivity contribution in [3.05, 3.63) is 10.1 Å². The smallest absolute Gasteiger partial charge is 0.300 e. The molecule has 0 aromatic heterocycles. The van der Waals surface area contributed by atoms with Crippen LogP contribution in [0.3, 0.4) is 0 Å². The zero-order valence-electron chi connectivity index (χ0n) is 4.47. The van der Waals surface area contributed by atoms with Crippen molar-refractivity contribution in [3.63, 3.8) is 0 Å². The number of rotatable bonds is 0. The second-order valence-corrected chi connectivity index (χ2v) is 0.757. The molecule has 0 bridgehead atoms. The summed E-state index contributed by atoms with van der Waals surface area (Å²) >= 11 is 0. The molecular formula is C2H6ClNO5. The van der Waals surface area contributed by atoms with Gasteiger partial charge in [0.05, 0.1) is 0 Å². The first-order chi connectivity index (χ1) is 3.46. The number of halogens is 1. The maximum Gasteiger partial charge on any atom is 0.300 e. The normalized spacial score (nSPS) is 5.44. The Morgan fingerprint density at radius 1 is 1.67 bits per heavy atom. The summed E-state index contributed by atoms with van der Waals surface area (Å²) in [5.74, 6) is -0.833. The van der Waals surface area contributed by atoms with Crippen LogP contribution < -0.4 is 0 Å². The van der Waals surface area contributed by atoms with Crippen molar-refractivity contribution in [2.24, 2.45) is 0 Å². The summed E-state index contributed by atoms with van der Waals surface area (Å²) in [7, 11) is 0. The Labute approximate surface area is 56.6 Å². The van der Waals surface area contributed by atoms with Gasteiger partial charge in [-0.3, -0.25) is 4.79 Å². The number of nitrogens with zero attached hydrogens (tertiary/aromatic N) is 1. The maximum absolute atomic E-state index is 9.00. The predicted octanol–water partition coefficient (Wildman–Crippen LogP) is 0.165. The fraction of sp³-hybridized carbons (Fsp3) is 0.500. The van der Waals surface area contributed by atoms with Gasteiger partial charge < -0.3 is 10.3 Å². The van der Waals surface area contributed by atoms with E-state index in [0.29, 0.717) is 0 Å². The second kappa shape index (κ2) is 10.0. The van der Waals surface area contributed by atoms with E-state index in [4.69, 9.17) is 25.2 Å². The van der Waals surface area contributed by atoms with E-state index in [2.05, 4.69) is 0 Å². The minimum Gasteiger partial charge on any atom is -0.481 e. The maximum atomic E-state index is 9.00. The van der Waals surface area contributed by atoms with Gasteiger partial charge in [-0.05, 0) is 0 Å². The number of hydrogen-bond acceptors (Lipinski definition) is 3. The van der Waals surface area contributed by atoms with Crippen LogP contribution in [0.4, 0.5) is 0 Å². The lowest BCUT2D eigenvalue weighted by atomic mass is 10.9. The molecule has 0 rings (SSSR count). The van der Waals surface area contributed by atoms with Gasteiger partial charge in [0.15, 0.2) is 0 Å². The van der Waals surface area contributed by atoms with E-state index in [1.807, 2.05) is 0 Å². The number of hydrogen-bond donors (Lipinski definition) is 2. The topological polar surface area (TPSA) is 101 Å². The van der Waals surface area contributed by atoms with Crippen LogP contribution in [0.25, 0.3) is 0 Å². The standard InChI is InChI=1S/C2H4O2.ClH.HNO3/c1-2(3)4;;2-1(3)4/h1H3,(H,3,4);1H;(H,2,3,4). The molecule has 0 aliphatic rings. The molecule has 0 radical (unpaired) electrons. The summed E-state index contributed by atoms with van der Waals surface area (Å²) in [5, 5.41) is 21.1. The van der Waals surface area contributed by atoms with Crippen molar-refractivity contribution in [3.8, 4) is 0 Å². The summed E-state index contributed by atoms with van der Waals surface area (Å²) in [6.07, 6.45) is 0. The van der Waals surface area contributed by atoms with Gasteiger partial charge in [0.25, 0.3) is 11.1 Å². The fourth-order valence-electron chi connectivity index (χ4n) is 0. The number of carboxylic acids is 1. The molecule has 0 spiro atoms. The number of aliphatic carboxylic acids is 1. The van der Waals surface area contributed by atoms with Crippen LogP contribution in [-0.2, 0) is 4.79 Å². The Kier molecular flexibility index (Phi) is 17.5. The molecule has 0 unspecified atom stereocenters. The van der Waals surface area contributed by atoms with Crippen molar-refractivity contribution in [2.45, 2.75) is 6.92 Å². The highest BCUT2D eigenvalue weighted by atomic mass is 35.5. The van der Waals surface area contributed by atoms with Gasteiger partial charge in [0, 0.05) is 6.92 Å². The second-order valence-electron chi connectivity index (χ2n) is 0.757. The Morgan fingerprint density at radius 3 is 1.67 bits per heavy atom. The SMILES string of the molecule is CC(=O)O.Cl.O=[N+]([O-])O. The molecule has 0 saturated carbocycles. The van der Waals surface area contributed by atoms with Gasteiger partial charge in [-0.2, -0.15) is 0 Å². The lowest BCUT2D eigenvalue weighted by molar-refractivity contribution is -0.742. The first kappa shape index (κ1) is 15.7. The third-order valence-corrected chi connectivity index (χ3v) is 0. The average molecular weight is 160 g/mol. The van der Waals surface area contributed by atoms with E-state index >= 15 is 0 Å². The molecule has 56 valence electrons. The van der Waals surface area contributed by atoms with E-state index in [9.17, 15) is 0 Å². The minimum absolute atomic E-state index is 0. The minimum atomic E-state index is -1.50. The lowest BCUT2D eigenvalue weighted by Gasteiger charge is -1.59. The molecule has 0 aromatic carbocycles. The van der Waals surface area contributed by atoms with Gasteiger partial charge in [0.1, 0.15) is 0 Å². The summed E-state index contributed by atoms with van der Waals surface area (Å²) in [4.78, 5) is 17.4. The van der Waals surface area contributed by atoms with Crippen LogP contribution >= 0.6 is 12.4 Å². The first-order valence-corrected chi connectivity index (χ1v) is 1.49. The molecule has 0 atom stereocenters. The van der Waals surface area contributed by atoms with Crippen LogP contribution in [0, 0.1) is 10.1 Å². The molecule has 6 nitrogen and oxygen atoms in total. The van der Waals surface area contributed by atoms with Gasteiger partial charge in [-0.15, -0.1) is 22.5 Å². The highest BCUT2D eigenvalue weighted by Gasteiger charge is 1.65. The predicted molar refractivity (Wildman–Crippen MR) is 29.3 cm³/mol. The van der Waals surface area contributed by atoms with Gasteiger partial charge >= 0.3 is 0 Å². The molecular weight excluding hydrogens is 153 g/mol. The van der Waals surface area contributed by atoms with Crippen LogP contribution in [0.5, 0.6) is 0 Å². The zero-order chi connectivity index (χ0) is 7.15. The van der Waals surface area contributed by atoms with Gasteiger partial charge in [-0.25, -0.2) is 0 Å². The molecule has 0 aliphatic heterocycles. The molecule has 0 aromatic rings. The van der Waals surface area contributed by atoms with Crippen molar-refractivity contribution < 1.29 is 20.2 Å². The van der Waals surface area contributed by atoms with Gasteiger partial charge in [0.2, 0.25) is 0 Å². The van der Waals surface area contributed by atoms with Crippen LogP contribution in [-0.4, -0.2) is 21.4 Å². The molecule has 0 amide bonds. The molecule has 0 aliphatic carbocycles.